The van der Waals surface area contributed by atoms with E-state index in [4.69, 9.17) is 14.6 Å². The second-order valence-electron chi connectivity index (χ2n) is 4.17. The van der Waals surface area contributed by atoms with Crippen molar-refractivity contribution in [2.24, 2.45) is 0 Å². The molecule has 0 aromatic heterocycles. The second kappa shape index (κ2) is 7.44. The summed E-state index contributed by atoms with van der Waals surface area (Å²) in [6.07, 6.45) is 0.818. The van der Waals surface area contributed by atoms with Gasteiger partial charge in [0, 0.05) is 6.42 Å². The fraction of sp³-hybridized carbons (Fsp3) is 0.250. The van der Waals surface area contributed by atoms with Crippen molar-refractivity contribution < 1.29 is 14.6 Å². The van der Waals surface area contributed by atoms with Gasteiger partial charge in [0.05, 0.1) is 19.8 Å². The van der Waals surface area contributed by atoms with Gasteiger partial charge in [0.25, 0.3) is 0 Å². The highest BCUT2D eigenvalue weighted by Gasteiger charge is 1.97. The number of para-hydroxylation sites is 1. The molecular formula is C16H18O3. The second-order valence-corrected chi connectivity index (χ2v) is 4.17. The summed E-state index contributed by atoms with van der Waals surface area (Å²) in [5.74, 6) is 1.66. The Balaban J connectivity index is 1.66. The Morgan fingerprint density at radius 2 is 1.47 bits per heavy atom. The Morgan fingerprint density at radius 3 is 2.21 bits per heavy atom. The Bertz CT molecular complexity index is 482. The average molecular weight is 258 g/mol. The van der Waals surface area contributed by atoms with Crippen molar-refractivity contribution in [1.29, 1.82) is 0 Å². The van der Waals surface area contributed by atoms with E-state index in [1.54, 1.807) is 0 Å². The number of benzene rings is 2. The summed E-state index contributed by atoms with van der Waals surface area (Å²) < 4.78 is 11.2. The molecule has 0 radical (unpaired) electrons. The first-order chi connectivity index (χ1) is 9.38. The van der Waals surface area contributed by atoms with Gasteiger partial charge < -0.3 is 14.6 Å². The van der Waals surface area contributed by atoms with Crippen molar-refractivity contribution >= 4 is 0 Å². The lowest BCUT2D eigenvalue weighted by molar-refractivity contribution is 0.246. The van der Waals surface area contributed by atoms with Crippen molar-refractivity contribution in [2.45, 2.75) is 13.0 Å². The highest BCUT2D eigenvalue weighted by Crippen LogP contribution is 2.13. The summed E-state index contributed by atoms with van der Waals surface area (Å²) in [5, 5.41) is 9.02. The van der Waals surface area contributed by atoms with Gasteiger partial charge in [0.15, 0.2) is 0 Å². The maximum Gasteiger partial charge on any atom is 0.119 e. The Hall–Kier alpha value is -2.00. The third-order valence-corrected chi connectivity index (χ3v) is 2.65. The van der Waals surface area contributed by atoms with Crippen LogP contribution < -0.4 is 9.47 Å². The largest absolute Gasteiger partial charge is 0.493 e. The van der Waals surface area contributed by atoms with Crippen molar-refractivity contribution in [1.82, 2.24) is 0 Å². The minimum atomic E-state index is 0.0360. The lowest BCUT2D eigenvalue weighted by atomic mass is 10.2. The minimum absolute atomic E-state index is 0.0360. The Kier molecular flexibility index (Phi) is 5.26. The van der Waals surface area contributed by atoms with Gasteiger partial charge in [-0.1, -0.05) is 30.3 Å². The molecule has 0 spiro atoms. The molecule has 19 heavy (non-hydrogen) atoms. The number of hydrogen-bond donors (Lipinski definition) is 1. The van der Waals surface area contributed by atoms with Crippen LogP contribution in [0.4, 0.5) is 0 Å². The molecule has 0 atom stereocenters. The third kappa shape index (κ3) is 4.64. The van der Waals surface area contributed by atoms with E-state index in [1.165, 1.54) is 0 Å². The first kappa shape index (κ1) is 13.4. The summed E-state index contributed by atoms with van der Waals surface area (Å²) in [6.45, 7) is 1.26. The molecule has 0 fully saturated rings. The van der Waals surface area contributed by atoms with E-state index < -0.39 is 0 Å². The van der Waals surface area contributed by atoms with E-state index in [0.29, 0.717) is 13.2 Å². The van der Waals surface area contributed by atoms with Crippen LogP contribution >= 0.6 is 0 Å². The molecule has 1 N–H and O–H groups in total. The molecule has 0 heterocycles. The third-order valence-electron chi connectivity index (χ3n) is 2.65. The van der Waals surface area contributed by atoms with Gasteiger partial charge in [-0.2, -0.15) is 0 Å². The zero-order valence-electron chi connectivity index (χ0n) is 10.8. The van der Waals surface area contributed by atoms with E-state index in [9.17, 15) is 0 Å². The predicted molar refractivity (Wildman–Crippen MR) is 74.4 cm³/mol. The van der Waals surface area contributed by atoms with Crippen molar-refractivity contribution in [3.05, 3.63) is 60.2 Å². The molecule has 0 unspecified atom stereocenters. The van der Waals surface area contributed by atoms with E-state index in [1.807, 2.05) is 54.6 Å². The average Bonchev–Trinajstić information content (AvgIpc) is 2.48. The van der Waals surface area contributed by atoms with Crippen LogP contribution in [0.5, 0.6) is 11.5 Å². The van der Waals surface area contributed by atoms with E-state index in [-0.39, 0.29) is 6.61 Å². The first-order valence-corrected chi connectivity index (χ1v) is 6.39. The maximum absolute atomic E-state index is 9.02. The number of aliphatic hydroxyl groups is 1. The summed E-state index contributed by atoms with van der Waals surface area (Å²) in [7, 11) is 0. The van der Waals surface area contributed by atoms with Crippen LogP contribution in [0.25, 0.3) is 0 Å². The molecule has 2 aromatic rings. The lowest BCUT2D eigenvalue weighted by Gasteiger charge is -2.08. The topological polar surface area (TPSA) is 38.7 Å². The highest BCUT2D eigenvalue weighted by atomic mass is 16.5. The molecule has 0 bridgehead atoms. The first-order valence-electron chi connectivity index (χ1n) is 6.39. The van der Waals surface area contributed by atoms with E-state index in [2.05, 4.69) is 0 Å². The van der Waals surface area contributed by atoms with E-state index in [0.717, 1.165) is 23.5 Å². The van der Waals surface area contributed by atoms with Gasteiger partial charge in [-0.15, -0.1) is 0 Å². The molecule has 2 aromatic carbocycles. The molecule has 0 saturated heterocycles. The summed E-state index contributed by atoms with van der Waals surface area (Å²) in [6, 6.07) is 17.2. The van der Waals surface area contributed by atoms with Crippen LogP contribution in [0.2, 0.25) is 0 Å². The molecule has 0 amide bonds. The lowest BCUT2D eigenvalue weighted by Crippen LogP contribution is -2.05. The normalized spacial score (nSPS) is 10.2. The maximum atomic E-state index is 9.02. The van der Waals surface area contributed by atoms with E-state index >= 15 is 0 Å². The van der Waals surface area contributed by atoms with Crippen LogP contribution in [-0.2, 0) is 6.61 Å². The zero-order chi connectivity index (χ0) is 13.3. The van der Waals surface area contributed by atoms with Crippen molar-refractivity contribution in [3.63, 3.8) is 0 Å². The molecule has 3 heteroatoms. The molecule has 0 saturated carbocycles. The van der Waals surface area contributed by atoms with Gasteiger partial charge in [-0.05, 0) is 29.8 Å². The summed E-state index contributed by atoms with van der Waals surface area (Å²) in [5.41, 5.74) is 0.859. The quantitative estimate of drug-likeness (QED) is 0.776. The Morgan fingerprint density at radius 1 is 0.789 bits per heavy atom. The molecule has 100 valence electrons. The van der Waals surface area contributed by atoms with Crippen molar-refractivity contribution in [2.75, 3.05) is 13.2 Å². The Labute approximate surface area is 113 Å². The van der Waals surface area contributed by atoms with Gasteiger partial charge >= 0.3 is 0 Å². The number of aliphatic hydroxyl groups excluding tert-OH is 1. The van der Waals surface area contributed by atoms with Crippen LogP contribution in [-0.4, -0.2) is 18.3 Å². The SMILES string of the molecule is OCc1cccc(OCCCOc2ccccc2)c1. The van der Waals surface area contributed by atoms with Crippen LogP contribution in [0.3, 0.4) is 0 Å². The fourth-order valence-electron chi connectivity index (χ4n) is 1.69. The molecule has 3 nitrogen and oxygen atoms in total. The number of ether oxygens (including phenoxy) is 2. The van der Waals surface area contributed by atoms with Gasteiger partial charge in [0.2, 0.25) is 0 Å². The molecule has 0 aliphatic carbocycles. The monoisotopic (exact) mass is 258 g/mol. The fourth-order valence-corrected chi connectivity index (χ4v) is 1.69. The molecule has 0 aliphatic heterocycles. The van der Waals surface area contributed by atoms with Gasteiger partial charge in [-0.3, -0.25) is 0 Å². The van der Waals surface area contributed by atoms with Crippen LogP contribution in [0.1, 0.15) is 12.0 Å². The zero-order valence-corrected chi connectivity index (χ0v) is 10.8. The molecular weight excluding hydrogens is 240 g/mol. The number of rotatable bonds is 7. The molecule has 0 aliphatic rings. The highest BCUT2D eigenvalue weighted by molar-refractivity contribution is 5.27. The summed E-state index contributed by atoms with van der Waals surface area (Å²) in [4.78, 5) is 0. The van der Waals surface area contributed by atoms with Crippen LogP contribution in [0, 0.1) is 0 Å². The molecule has 2 rings (SSSR count). The summed E-state index contributed by atoms with van der Waals surface area (Å²) >= 11 is 0. The standard InChI is InChI=1S/C16H18O3/c17-13-14-6-4-9-16(12-14)19-11-5-10-18-15-7-2-1-3-8-15/h1-4,6-9,12,17H,5,10-11,13H2. The van der Waals surface area contributed by atoms with Crippen LogP contribution in [0.15, 0.2) is 54.6 Å². The number of hydrogen-bond acceptors (Lipinski definition) is 3. The predicted octanol–water partition coefficient (Wildman–Crippen LogP) is 3.03. The van der Waals surface area contributed by atoms with Crippen molar-refractivity contribution in [3.8, 4) is 11.5 Å². The van der Waals surface area contributed by atoms with Gasteiger partial charge in [0.1, 0.15) is 11.5 Å². The van der Waals surface area contributed by atoms with Gasteiger partial charge in [-0.25, -0.2) is 0 Å². The minimum Gasteiger partial charge on any atom is -0.493 e. The smallest absolute Gasteiger partial charge is 0.119 e.